The van der Waals surface area contributed by atoms with Crippen molar-refractivity contribution in [2.45, 2.75) is 26.3 Å². The quantitative estimate of drug-likeness (QED) is 0.882. The van der Waals surface area contributed by atoms with Gasteiger partial charge in [-0.15, -0.1) is 0 Å². The monoisotopic (exact) mass is 336 g/mol. The summed E-state index contributed by atoms with van der Waals surface area (Å²) >= 11 is 0. The van der Waals surface area contributed by atoms with Crippen LogP contribution in [0.2, 0.25) is 0 Å². The third-order valence-corrected chi connectivity index (χ3v) is 4.55. The minimum absolute atomic E-state index is 0.0135. The van der Waals surface area contributed by atoms with Gasteiger partial charge in [0.25, 0.3) is 0 Å². The van der Waals surface area contributed by atoms with Crippen LogP contribution in [-0.2, 0) is 22.6 Å². The molecule has 25 heavy (non-hydrogen) atoms. The normalized spacial score (nSPS) is 16.9. The van der Waals surface area contributed by atoms with E-state index in [1.807, 2.05) is 66.4 Å². The van der Waals surface area contributed by atoms with E-state index < -0.39 is 0 Å². The van der Waals surface area contributed by atoms with Crippen molar-refractivity contribution < 1.29 is 9.59 Å². The number of aryl methyl sites for hydroxylation is 1. The van der Waals surface area contributed by atoms with Crippen LogP contribution >= 0.6 is 0 Å². The zero-order valence-corrected chi connectivity index (χ0v) is 14.6. The molecule has 1 aliphatic heterocycles. The van der Waals surface area contributed by atoms with Crippen LogP contribution in [0, 0.1) is 12.8 Å². The molecule has 2 amide bonds. The first kappa shape index (κ1) is 17.2. The summed E-state index contributed by atoms with van der Waals surface area (Å²) in [5.74, 6) is 0.374. The number of hydrogen-bond donors (Lipinski definition) is 1. The van der Waals surface area contributed by atoms with Crippen molar-refractivity contribution >= 4 is 11.8 Å². The molecule has 0 saturated carbocycles. The molecule has 1 fully saturated rings. The predicted octanol–water partition coefficient (Wildman–Crippen LogP) is 2.70. The fourth-order valence-corrected chi connectivity index (χ4v) is 3.28. The molecule has 1 aliphatic rings. The molecular formula is C21H24N2O2. The predicted molar refractivity (Wildman–Crippen MR) is 97.9 cm³/mol. The lowest BCUT2D eigenvalue weighted by molar-refractivity contribution is -0.128. The highest BCUT2D eigenvalue weighted by Crippen LogP contribution is 2.19. The molecule has 0 radical (unpaired) electrons. The maximum Gasteiger partial charge on any atom is 0.224 e. The van der Waals surface area contributed by atoms with Gasteiger partial charge in [-0.25, -0.2) is 0 Å². The number of nitrogens with zero attached hydrogens (tertiary/aromatic N) is 1. The van der Waals surface area contributed by atoms with Crippen molar-refractivity contribution in [3.8, 4) is 0 Å². The SMILES string of the molecule is Cc1cccc(CC(=O)NCC2CC(=O)N(Cc3ccccc3)C2)c1. The van der Waals surface area contributed by atoms with Crippen LogP contribution in [0.5, 0.6) is 0 Å². The Morgan fingerprint density at radius 2 is 1.88 bits per heavy atom. The summed E-state index contributed by atoms with van der Waals surface area (Å²) in [6.45, 7) is 3.93. The fourth-order valence-electron chi connectivity index (χ4n) is 3.28. The van der Waals surface area contributed by atoms with Crippen molar-refractivity contribution in [1.29, 1.82) is 0 Å². The molecular weight excluding hydrogens is 312 g/mol. The fraction of sp³-hybridized carbons (Fsp3) is 0.333. The van der Waals surface area contributed by atoms with E-state index in [-0.39, 0.29) is 17.7 Å². The lowest BCUT2D eigenvalue weighted by Crippen LogP contribution is -2.32. The van der Waals surface area contributed by atoms with Crippen LogP contribution in [0.3, 0.4) is 0 Å². The summed E-state index contributed by atoms with van der Waals surface area (Å²) in [5, 5.41) is 2.98. The lowest BCUT2D eigenvalue weighted by Gasteiger charge is -2.17. The van der Waals surface area contributed by atoms with Gasteiger partial charge in [-0.05, 0) is 18.1 Å². The number of amides is 2. The standard InChI is InChI=1S/C21H24N2O2/c1-16-6-5-9-18(10-16)11-20(24)22-13-19-12-21(25)23(15-19)14-17-7-3-2-4-8-17/h2-10,19H,11-15H2,1H3,(H,22,24). The average molecular weight is 336 g/mol. The Balaban J connectivity index is 1.46. The highest BCUT2D eigenvalue weighted by molar-refractivity contribution is 5.80. The first-order valence-electron chi connectivity index (χ1n) is 8.74. The molecule has 1 N–H and O–H groups in total. The van der Waals surface area contributed by atoms with Crippen LogP contribution in [0.15, 0.2) is 54.6 Å². The smallest absolute Gasteiger partial charge is 0.224 e. The van der Waals surface area contributed by atoms with Crippen LogP contribution in [0.4, 0.5) is 0 Å². The second-order valence-corrected chi connectivity index (χ2v) is 6.80. The number of rotatable bonds is 6. The first-order valence-corrected chi connectivity index (χ1v) is 8.74. The molecule has 1 atom stereocenters. The summed E-state index contributed by atoms with van der Waals surface area (Å²) in [7, 11) is 0. The maximum atomic E-state index is 12.2. The number of carbonyl (C=O) groups is 2. The van der Waals surface area contributed by atoms with Crippen molar-refractivity contribution in [2.24, 2.45) is 5.92 Å². The molecule has 2 aromatic carbocycles. The minimum Gasteiger partial charge on any atom is -0.355 e. The van der Waals surface area contributed by atoms with Gasteiger partial charge >= 0.3 is 0 Å². The van der Waals surface area contributed by atoms with Gasteiger partial charge in [-0.1, -0.05) is 60.2 Å². The van der Waals surface area contributed by atoms with Crippen molar-refractivity contribution in [3.05, 3.63) is 71.3 Å². The van der Waals surface area contributed by atoms with Gasteiger partial charge in [0.15, 0.2) is 0 Å². The number of likely N-dealkylation sites (tertiary alicyclic amines) is 1. The van der Waals surface area contributed by atoms with Crippen LogP contribution in [-0.4, -0.2) is 29.8 Å². The summed E-state index contributed by atoms with van der Waals surface area (Å²) in [5.41, 5.74) is 3.31. The third kappa shape index (κ3) is 4.92. The van der Waals surface area contributed by atoms with Gasteiger partial charge in [0.1, 0.15) is 0 Å². The van der Waals surface area contributed by atoms with E-state index in [9.17, 15) is 9.59 Å². The van der Waals surface area contributed by atoms with E-state index in [2.05, 4.69) is 5.32 Å². The van der Waals surface area contributed by atoms with Crippen molar-refractivity contribution in [1.82, 2.24) is 10.2 Å². The van der Waals surface area contributed by atoms with Crippen LogP contribution < -0.4 is 5.32 Å². The molecule has 1 heterocycles. The largest absolute Gasteiger partial charge is 0.355 e. The molecule has 1 saturated heterocycles. The van der Waals surface area contributed by atoms with Crippen molar-refractivity contribution in [3.63, 3.8) is 0 Å². The van der Waals surface area contributed by atoms with E-state index in [0.717, 1.165) is 16.7 Å². The number of carbonyl (C=O) groups excluding carboxylic acids is 2. The Morgan fingerprint density at radius 1 is 1.12 bits per heavy atom. The Kier molecular flexibility index (Phi) is 5.49. The zero-order chi connectivity index (χ0) is 17.6. The molecule has 4 nitrogen and oxygen atoms in total. The van der Waals surface area contributed by atoms with Crippen LogP contribution in [0.25, 0.3) is 0 Å². The van der Waals surface area contributed by atoms with E-state index >= 15 is 0 Å². The highest BCUT2D eigenvalue weighted by Gasteiger charge is 2.29. The van der Waals surface area contributed by atoms with Crippen LogP contribution in [0.1, 0.15) is 23.1 Å². The Bertz CT molecular complexity index is 743. The van der Waals surface area contributed by atoms with E-state index in [4.69, 9.17) is 0 Å². The van der Waals surface area contributed by atoms with Gasteiger partial charge in [0.2, 0.25) is 11.8 Å². The van der Waals surface area contributed by atoms with Crippen molar-refractivity contribution in [2.75, 3.05) is 13.1 Å². The number of nitrogens with one attached hydrogen (secondary N) is 1. The Hall–Kier alpha value is -2.62. The molecule has 4 heteroatoms. The average Bonchev–Trinajstić information content (AvgIpc) is 2.94. The summed E-state index contributed by atoms with van der Waals surface area (Å²) < 4.78 is 0. The zero-order valence-electron chi connectivity index (χ0n) is 14.6. The summed E-state index contributed by atoms with van der Waals surface area (Å²) in [4.78, 5) is 26.2. The maximum absolute atomic E-state index is 12.2. The summed E-state index contributed by atoms with van der Waals surface area (Å²) in [6.07, 6.45) is 0.896. The van der Waals surface area contributed by atoms with Gasteiger partial charge in [-0.3, -0.25) is 9.59 Å². The minimum atomic E-state index is 0.0135. The molecule has 2 aromatic rings. The topological polar surface area (TPSA) is 49.4 Å². The van der Waals surface area contributed by atoms with Gasteiger partial charge < -0.3 is 10.2 Å². The lowest BCUT2D eigenvalue weighted by atomic mass is 10.1. The van der Waals surface area contributed by atoms with E-state index in [0.29, 0.717) is 32.5 Å². The molecule has 0 aromatic heterocycles. The first-order chi connectivity index (χ1) is 12.1. The number of benzene rings is 2. The molecule has 0 bridgehead atoms. The molecule has 3 rings (SSSR count). The van der Waals surface area contributed by atoms with Gasteiger partial charge in [-0.2, -0.15) is 0 Å². The second-order valence-electron chi connectivity index (χ2n) is 6.80. The van der Waals surface area contributed by atoms with Gasteiger partial charge in [0, 0.05) is 32.0 Å². The Labute approximate surface area is 148 Å². The molecule has 130 valence electrons. The number of hydrogen-bond acceptors (Lipinski definition) is 2. The van der Waals surface area contributed by atoms with E-state index in [1.165, 1.54) is 0 Å². The molecule has 0 spiro atoms. The third-order valence-electron chi connectivity index (χ3n) is 4.55. The van der Waals surface area contributed by atoms with Gasteiger partial charge in [0.05, 0.1) is 6.42 Å². The summed E-state index contributed by atoms with van der Waals surface area (Å²) in [6, 6.07) is 18.0. The Morgan fingerprint density at radius 3 is 2.64 bits per heavy atom. The van der Waals surface area contributed by atoms with E-state index in [1.54, 1.807) is 0 Å². The molecule has 1 unspecified atom stereocenters. The highest BCUT2D eigenvalue weighted by atomic mass is 16.2. The molecule has 0 aliphatic carbocycles. The second kappa shape index (κ2) is 7.97.